The summed E-state index contributed by atoms with van der Waals surface area (Å²) in [7, 11) is 0. The van der Waals surface area contributed by atoms with E-state index in [2.05, 4.69) is 10.2 Å². The van der Waals surface area contributed by atoms with E-state index in [1.807, 2.05) is 24.3 Å². The van der Waals surface area contributed by atoms with Crippen LogP contribution in [0.1, 0.15) is 25.7 Å². The molecule has 0 aromatic heterocycles. The average Bonchev–Trinajstić information content (AvgIpc) is 3.09. The number of nitrogens with one attached hydrogen (secondary N) is 1. The highest BCUT2D eigenvalue weighted by atomic mass is 35.5. The summed E-state index contributed by atoms with van der Waals surface area (Å²) in [6.07, 6.45) is 4.14. The summed E-state index contributed by atoms with van der Waals surface area (Å²) >= 11 is 6.05. The molecular weight excluding hydrogens is 326 g/mol. The number of halogens is 1. The van der Waals surface area contributed by atoms with Crippen molar-refractivity contribution in [3.8, 4) is 0 Å². The number of piperidine rings is 1. The number of rotatable bonds is 3. The number of amides is 2. The van der Waals surface area contributed by atoms with Gasteiger partial charge >= 0.3 is 11.8 Å². The van der Waals surface area contributed by atoms with E-state index >= 15 is 0 Å². The molecule has 0 saturated carbocycles. The topological polar surface area (TPSA) is 52.7 Å². The molecule has 2 amide bonds. The van der Waals surface area contributed by atoms with E-state index in [1.54, 1.807) is 4.90 Å². The number of nitrogens with zero attached hydrogens (tertiary/aromatic N) is 2. The molecule has 6 heteroatoms. The van der Waals surface area contributed by atoms with Gasteiger partial charge in [-0.15, -0.1) is 0 Å². The molecule has 1 atom stereocenters. The smallest absolute Gasteiger partial charge is 0.311 e. The maximum Gasteiger partial charge on any atom is 0.311 e. The van der Waals surface area contributed by atoms with Gasteiger partial charge < -0.3 is 15.1 Å². The Bertz CT molecular complexity index is 602. The second-order valence-electron chi connectivity index (χ2n) is 6.64. The molecule has 0 bridgehead atoms. The van der Waals surface area contributed by atoms with Crippen LogP contribution < -0.4 is 10.2 Å². The first kappa shape index (κ1) is 17.1. The van der Waals surface area contributed by atoms with Gasteiger partial charge in [-0.25, -0.2) is 0 Å². The van der Waals surface area contributed by atoms with E-state index in [0.29, 0.717) is 25.6 Å². The van der Waals surface area contributed by atoms with E-state index in [4.69, 9.17) is 11.6 Å². The first-order valence-corrected chi connectivity index (χ1v) is 9.09. The SMILES string of the molecule is O=C(NC[C@@H]1CCN(c2cccc(Cl)c2)C1)C(=O)N1CCCCC1. The predicted octanol–water partition coefficient (Wildman–Crippen LogP) is 2.29. The van der Waals surface area contributed by atoms with Crippen LogP contribution in [0.4, 0.5) is 5.69 Å². The summed E-state index contributed by atoms with van der Waals surface area (Å²) in [4.78, 5) is 28.1. The van der Waals surface area contributed by atoms with E-state index in [9.17, 15) is 9.59 Å². The molecule has 2 fully saturated rings. The second-order valence-corrected chi connectivity index (χ2v) is 7.08. The monoisotopic (exact) mass is 349 g/mol. The molecular formula is C18H24ClN3O2. The second kappa shape index (κ2) is 7.88. The van der Waals surface area contributed by atoms with Crippen molar-refractivity contribution in [3.05, 3.63) is 29.3 Å². The lowest BCUT2D eigenvalue weighted by atomic mass is 10.1. The van der Waals surface area contributed by atoms with E-state index in [1.165, 1.54) is 0 Å². The third-order valence-corrected chi connectivity index (χ3v) is 5.08. The normalized spacial score (nSPS) is 21.0. The van der Waals surface area contributed by atoms with Crippen LogP contribution in [0, 0.1) is 5.92 Å². The number of anilines is 1. The molecule has 2 saturated heterocycles. The molecule has 5 nitrogen and oxygen atoms in total. The quantitative estimate of drug-likeness (QED) is 0.852. The summed E-state index contributed by atoms with van der Waals surface area (Å²) < 4.78 is 0. The van der Waals surface area contributed by atoms with E-state index < -0.39 is 5.91 Å². The van der Waals surface area contributed by atoms with Gasteiger partial charge in [-0.05, 0) is 49.8 Å². The van der Waals surface area contributed by atoms with Crippen molar-refractivity contribution in [3.63, 3.8) is 0 Å². The number of hydrogen-bond acceptors (Lipinski definition) is 3. The maximum absolute atomic E-state index is 12.1. The molecule has 3 rings (SSSR count). The van der Waals surface area contributed by atoms with Crippen LogP contribution in [0.5, 0.6) is 0 Å². The lowest BCUT2D eigenvalue weighted by Crippen LogP contribution is -2.46. The summed E-state index contributed by atoms with van der Waals surface area (Å²) in [6.45, 7) is 3.78. The Hall–Kier alpha value is -1.75. The highest BCUT2D eigenvalue weighted by molar-refractivity contribution is 6.35. The van der Waals surface area contributed by atoms with Crippen LogP contribution in [-0.2, 0) is 9.59 Å². The number of likely N-dealkylation sites (tertiary alicyclic amines) is 1. The lowest BCUT2D eigenvalue weighted by molar-refractivity contribution is -0.146. The third kappa shape index (κ3) is 4.20. The van der Waals surface area contributed by atoms with E-state index in [0.717, 1.165) is 49.5 Å². The van der Waals surface area contributed by atoms with Crippen LogP contribution in [0.15, 0.2) is 24.3 Å². The summed E-state index contributed by atoms with van der Waals surface area (Å²) in [5.41, 5.74) is 1.11. The fourth-order valence-electron chi connectivity index (χ4n) is 3.46. The van der Waals surface area contributed by atoms with Crippen molar-refractivity contribution in [2.75, 3.05) is 37.6 Å². The molecule has 1 aromatic rings. The number of carbonyl (C=O) groups excluding carboxylic acids is 2. The standard InChI is InChI=1S/C18H24ClN3O2/c19-15-5-4-6-16(11-15)22-10-7-14(13-22)12-20-17(23)18(24)21-8-2-1-3-9-21/h4-6,11,14H,1-3,7-10,12-13H2,(H,20,23)/t14-/m0/s1. The van der Waals surface area contributed by atoms with Gasteiger partial charge in [-0.1, -0.05) is 17.7 Å². The molecule has 1 N–H and O–H groups in total. The average molecular weight is 350 g/mol. The number of benzene rings is 1. The maximum atomic E-state index is 12.1. The Kier molecular flexibility index (Phi) is 5.61. The number of carbonyl (C=O) groups is 2. The first-order chi connectivity index (χ1) is 11.6. The Labute approximate surface area is 147 Å². The van der Waals surface area contributed by atoms with Gasteiger partial charge in [0, 0.05) is 43.4 Å². The van der Waals surface area contributed by atoms with Gasteiger partial charge in [0.1, 0.15) is 0 Å². The van der Waals surface area contributed by atoms with Crippen molar-refractivity contribution in [1.82, 2.24) is 10.2 Å². The molecule has 2 aliphatic rings. The molecule has 0 spiro atoms. The predicted molar refractivity (Wildman–Crippen MR) is 95.2 cm³/mol. The van der Waals surface area contributed by atoms with Crippen LogP contribution >= 0.6 is 11.6 Å². The zero-order valence-electron chi connectivity index (χ0n) is 13.8. The van der Waals surface area contributed by atoms with Crippen LogP contribution in [0.2, 0.25) is 5.02 Å². The third-order valence-electron chi connectivity index (χ3n) is 4.85. The first-order valence-electron chi connectivity index (χ1n) is 8.71. The molecule has 0 unspecified atom stereocenters. The minimum atomic E-state index is -0.460. The van der Waals surface area contributed by atoms with Gasteiger partial charge in [0.2, 0.25) is 0 Å². The Balaban J connectivity index is 1.45. The molecule has 0 radical (unpaired) electrons. The largest absolute Gasteiger partial charge is 0.371 e. The summed E-state index contributed by atoms with van der Waals surface area (Å²) in [5, 5.41) is 3.55. The number of hydrogen-bond donors (Lipinski definition) is 1. The molecule has 0 aliphatic carbocycles. The molecule has 2 heterocycles. The molecule has 130 valence electrons. The minimum absolute atomic E-state index is 0.363. The lowest BCUT2D eigenvalue weighted by Gasteiger charge is -2.26. The van der Waals surface area contributed by atoms with Crippen molar-refractivity contribution < 1.29 is 9.59 Å². The summed E-state index contributed by atoms with van der Waals surface area (Å²) in [5.74, 6) is -0.473. The zero-order chi connectivity index (χ0) is 16.9. The Morgan fingerprint density at radius 1 is 1.17 bits per heavy atom. The molecule has 1 aromatic carbocycles. The van der Waals surface area contributed by atoms with Gasteiger partial charge in [-0.2, -0.15) is 0 Å². The molecule has 2 aliphatic heterocycles. The highest BCUT2D eigenvalue weighted by Crippen LogP contribution is 2.25. The zero-order valence-corrected chi connectivity index (χ0v) is 14.6. The van der Waals surface area contributed by atoms with E-state index in [-0.39, 0.29) is 5.91 Å². The van der Waals surface area contributed by atoms with Gasteiger partial charge in [0.25, 0.3) is 0 Å². The van der Waals surface area contributed by atoms with Crippen molar-refractivity contribution in [2.45, 2.75) is 25.7 Å². The van der Waals surface area contributed by atoms with Crippen molar-refractivity contribution in [1.29, 1.82) is 0 Å². The fraction of sp³-hybridized carbons (Fsp3) is 0.556. The van der Waals surface area contributed by atoms with Gasteiger partial charge in [0.15, 0.2) is 0 Å². The van der Waals surface area contributed by atoms with Crippen LogP contribution in [0.3, 0.4) is 0 Å². The van der Waals surface area contributed by atoms with Crippen molar-refractivity contribution >= 4 is 29.1 Å². The van der Waals surface area contributed by atoms with Crippen LogP contribution in [-0.4, -0.2) is 49.4 Å². The van der Waals surface area contributed by atoms with Gasteiger partial charge in [-0.3, -0.25) is 9.59 Å². The highest BCUT2D eigenvalue weighted by Gasteiger charge is 2.26. The Morgan fingerprint density at radius 2 is 1.96 bits per heavy atom. The van der Waals surface area contributed by atoms with Crippen molar-refractivity contribution in [2.24, 2.45) is 5.92 Å². The van der Waals surface area contributed by atoms with Gasteiger partial charge in [0.05, 0.1) is 0 Å². The molecule has 24 heavy (non-hydrogen) atoms. The minimum Gasteiger partial charge on any atom is -0.371 e. The van der Waals surface area contributed by atoms with Crippen LogP contribution in [0.25, 0.3) is 0 Å². The fourth-order valence-corrected chi connectivity index (χ4v) is 3.64. The summed E-state index contributed by atoms with van der Waals surface area (Å²) in [6, 6.07) is 7.82. The Morgan fingerprint density at radius 3 is 2.71 bits per heavy atom.